The second kappa shape index (κ2) is 6.71. The third-order valence-corrected chi connectivity index (χ3v) is 4.29. The Morgan fingerprint density at radius 1 is 0.952 bits per heavy atom. The molecule has 21 heavy (non-hydrogen) atoms. The maximum Gasteiger partial charge on any atom is 0.328 e. The van der Waals surface area contributed by atoms with Crippen LogP contribution in [0.1, 0.15) is 5.56 Å². The zero-order valence-electron chi connectivity index (χ0n) is 10.4. The van der Waals surface area contributed by atoms with E-state index in [-0.39, 0.29) is 0 Å². The lowest BCUT2D eigenvalue weighted by Gasteiger charge is -2.12. The van der Waals surface area contributed by atoms with Crippen molar-refractivity contribution in [3.63, 3.8) is 0 Å². The van der Waals surface area contributed by atoms with Gasteiger partial charge in [0, 0.05) is 17.2 Å². The lowest BCUT2D eigenvalue weighted by atomic mass is 10.0. The van der Waals surface area contributed by atoms with E-state index in [1.807, 2.05) is 0 Å². The lowest BCUT2D eigenvalue weighted by molar-refractivity contribution is -0.131. The first kappa shape index (κ1) is 16.2. The van der Waals surface area contributed by atoms with Crippen LogP contribution in [0.25, 0.3) is 17.2 Å². The second-order valence-electron chi connectivity index (χ2n) is 4.10. The number of rotatable bonds is 3. The summed E-state index contributed by atoms with van der Waals surface area (Å²) in [5, 5.41) is 10.1. The van der Waals surface area contributed by atoms with Gasteiger partial charge in [0.15, 0.2) is 0 Å². The number of aliphatic carboxylic acids is 1. The number of carbonyl (C=O) groups is 1. The van der Waals surface area contributed by atoms with Crippen LogP contribution in [0, 0.1) is 0 Å². The van der Waals surface area contributed by atoms with Gasteiger partial charge in [-0.3, -0.25) is 0 Å². The molecular weight excluding hydrogens is 354 g/mol. The number of hydrogen-bond donors (Lipinski definition) is 1. The SMILES string of the molecule is O=C(O)/C=C/c1cccc(-c2c(Cl)ccc(Cl)c2Cl)c1Cl. The first-order chi connectivity index (χ1) is 9.91. The summed E-state index contributed by atoms with van der Waals surface area (Å²) in [5.74, 6) is -1.06. The van der Waals surface area contributed by atoms with Crippen LogP contribution in [0.4, 0.5) is 0 Å². The van der Waals surface area contributed by atoms with Gasteiger partial charge in [-0.25, -0.2) is 4.79 Å². The highest BCUT2D eigenvalue weighted by Gasteiger charge is 2.15. The molecule has 2 rings (SSSR count). The molecule has 0 radical (unpaired) electrons. The van der Waals surface area contributed by atoms with Gasteiger partial charge in [-0.1, -0.05) is 64.6 Å². The summed E-state index contributed by atoms with van der Waals surface area (Å²) in [6.45, 7) is 0. The number of carboxylic acid groups (broad SMARTS) is 1. The zero-order valence-corrected chi connectivity index (χ0v) is 13.4. The van der Waals surface area contributed by atoms with Gasteiger partial charge in [0.25, 0.3) is 0 Å². The molecule has 0 unspecified atom stereocenters. The van der Waals surface area contributed by atoms with Crippen LogP contribution < -0.4 is 0 Å². The fraction of sp³-hybridized carbons (Fsp3) is 0. The van der Waals surface area contributed by atoms with Gasteiger partial charge >= 0.3 is 5.97 Å². The van der Waals surface area contributed by atoms with Crippen molar-refractivity contribution < 1.29 is 9.90 Å². The summed E-state index contributed by atoms with van der Waals surface area (Å²) in [5.41, 5.74) is 1.65. The van der Waals surface area contributed by atoms with Crippen molar-refractivity contribution in [3.05, 3.63) is 62.1 Å². The molecule has 2 aromatic carbocycles. The molecule has 1 N–H and O–H groups in total. The molecule has 2 nitrogen and oxygen atoms in total. The summed E-state index contributed by atoms with van der Waals surface area (Å²) >= 11 is 24.7. The highest BCUT2D eigenvalue weighted by Crippen LogP contribution is 2.42. The Balaban J connectivity index is 2.64. The molecule has 0 saturated carbocycles. The smallest absolute Gasteiger partial charge is 0.328 e. The third kappa shape index (κ3) is 3.53. The normalized spacial score (nSPS) is 11.0. The summed E-state index contributed by atoms with van der Waals surface area (Å²) in [6.07, 6.45) is 2.41. The Morgan fingerprint density at radius 2 is 1.62 bits per heavy atom. The van der Waals surface area contributed by atoms with Crippen molar-refractivity contribution in [2.24, 2.45) is 0 Å². The van der Waals surface area contributed by atoms with Crippen LogP contribution in [0.15, 0.2) is 36.4 Å². The predicted octanol–water partition coefficient (Wildman–Crippen LogP) is 6.07. The van der Waals surface area contributed by atoms with Gasteiger partial charge in [-0.2, -0.15) is 0 Å². The Hall–Kier alpha value is -1.19. The van der Waals surface area contributed by atoms with Gasteiger partial charge in [-0.15, -0.1) is 0 Å². The van der Waals surface area contributed by atoms with Gasteiger partial charge in [0.2, 0.25) is 0 Å². The van der Waals surface area contributed by atoms with E-state index in [0.717, 1.165) is 6.08 Å². The van der Waals surface area contributed by atoms with Crippen molar-refractivity contribution in [1.29, 1.82) is 0 Å². The van der Waals surface area contributed by atoms with E-state index in [4.69, 9.17) is 51.5 Å². The minimum atomic E-state index is -1.06. The van der Waals surface area contributed by atoms with Crippen LogP contribution in [0.5, 0.6) is 0 Å². The summed E-state index contributed by atoms with van der Waals surface area (Å²) in [7, 11) is 0. The van der Waals surface area contributed by atoms with E-state index in [1.54, 1.807) is 30.3 Å². The van der Waals surface area contributed by atoms with Crippen molar-refractivity contribution >= 4 is 58.4 Å². The second-order valence-corrected chi connectivity index (χ2v) is 5.67. The molecule has 0 fully saturated rings. The number of halogens is 4. The molecular formula is C15H8Cl4O2. The minimum Gasteiger partial charge on any atom is -0.478 e. The summed E-state index contributed by atoms with van der Waals surface area (Å²) in [4.78, 5) is 10.6. The van der Waals surface area contributed by atoms with E-state index in [1.165, 1.54) is 6.08 Å². The maximum absolute atomic E-state index is 10.6. The molecule has 0 heterocycles. The van der Waals surface area contributed by atoms with Gasteiger partial charge < -0.3 is 5.11 Å². The van der Waals surface area contributed by atoms with Crippen molar-refractivity contribution in [2.45, 2.75) is 0 Å². The summed E-state index contributed by atoms with van der Waals surface area (Å²) < 4.78 is 0. The highest BCUT2D eigenvalue weighted by molar-refractivity contribution is 6.47. The molecule has 0 aliphatic carbocycles. The average molecular weight is 362 g/mol. The van der Waals surface area contributed by atoms with Crippen molar-refractivity contribution in [1.82, 2.24) is 0 Å². The molecule has 0 amide bonds. The molecule has 0 aliphatic heterocycles. The van der Waals surface area contributed by atoms with E-state index in [0.29, 0.717) is 36.8 Å². The zero-order chi connectivity index (χ0) is 15.6. The molecule has 6 heteroatoms. The number of hydrogen-bond acceptors (Lipinski definition) is 1. The standard InChI is InChI=1S/C15H8Cl4O2/c16-10-5-6-11(17)15(19)13(10)9-3-1-2-8(14(9)18)4-7-12(20)21/h1-7H,(H,20,21)/b7-4+. The van der Waals surface area contributed by atoms with Gasteiger partial charge in [0.1, 0.15) is 0 Å². The van der Waals surface area contributed by atoms with Crippen LogP contribution in [-0.4, -0.2) is 11.1 Å². The first-order valence-corrected chi connectivity index (χ1v) is 7.26. The maximum atomic E-state index is 10.6. The largest absolute Gasteiger partial charge is 0.478 e. The fourth-order valence-corrected chi connectivity index (χ4v) is 2.82. The molecule has 0 spiro atoms. The topological polar surface area (TPSA) is 37.3 Å². The molecule has 0 bridgehead atoms. The molecule has 0 aromatic heterocycles. The Bertz CT molecular complexity index is 739. The Kier molecular flexibility index (Phi) is 5.17. The average Bonchev–Trinajstić information content (AvgIpc) is 2.43. The number of benzene rings is 2. The third-order valence-electron chi connectivity index (χ3n) is 2.75. The van der Waals surface area contributed by atoms with E-state index in [2.05, 4.69) is 0 Å². The van der Waals surface area contributed by atoms with Crippen molar-refractivity contribution in [3.8, 4) is 11.1 Å². The van der Waals surface area contributed by atoms with Gasteiger partial charge in [-0.05, 0) is 23.8 Å². The van der Waals surface area contributed by atoms with Crippen LogP contribution in [0.2, 0.25) is 20.1 Å². The number of carboxylic acids is 1. The molecule has 108 valence electrons. The monoisotopic (exact) mass is 360 g/mol. The first-order valence-electron chi connectivity index (χ1n) is 5.75. The van der Waals surface area contributed by atoms with Gasteiger partial charge in [0.05, 0.1) is 20.1 Å². The van der Waals surface area contributed by atoms with E-state index >= 15 is 0 Å². The molecule has 0 atom stereocenters. The minimum absolute atomic E-state index is 0.297. The molecule has 0 saturated heterocycles. The predicted molar refractivity (Wildman–Crippen MR) is 88.6 cm³/mol. The molecule has 2 aromatic rings. The Labute approximate surface area is 141 Å². The lowest BCUT2D eigenvalue weighted by Crippen LogP contribution is -1.89. The molecule has 0 aliphatic rings. The fourth-order valence-electron chi connectivity index (χ4n) is 1.81. The van der Waals surface area contributed by atoms with E-state index < -0.39 is 5.97 Å². The van der Waals surface area contributed by atoms with Crippen LogP contribution in [0.3, 0.4) is 0 Å². The van der Waals surface area contributed by atoms with E-state index in [9.17, 15) is 4.79 Å². The highest BCUT2D eigenvalue weighted by atomic mass is 35.5. The Morgan fingerprint density at radius 3 is 2.29 bits per heavy atom. The quantitative estimate of drug-likeness (QED) is 0.532. The van der Waals surface area contributed by atoms with Crippen molar-refractivity contribution in [2.75, 3.05) is 0 Å². The summed E-state index contributed by atoms with van der Waals surface area (Å²) in [6, 6.07) is 8.39. The van der Waals surface area contributed by atoms with Crippen LogP contribution >= 0.6 is 46.4 Å². The van der Waals surface area contributed by atoms with Crippen LogP contribution in [-0.2, 0) is 4.79 Å².